The lowest BCUT2D eigenvalue weighted by molar-refractivity contribution is 0.1000. The smallest absolute Gasteiger partial charge is 0.248 e. The third-order valence-electron chi connectivity index (χ3n) is 3.19. The van der Waals surface area contributed by atoms with E-state index in [1.165, 1.54) is 5.56 Å². The minimum atomic E-state index is -0.396. The van der Waals surface area contributed by atoms with Crippen LogP contribution in [0, 0.1) is 0 Å². The quantitative estimate of drug-likeness (QED) is 0.881. The molecular formula is C16H17BrN2O. The average Bonchev–Trinajstić information content (AvgIpc) is 2.46. The fraction of sp³-hybridized carbons (Fsp3) is 0.188. The molecule has 0 unspecified atom stereocenters. The zero-order chi connectivity index (χ0) is 14.5. The molecule has 0 radical (unpaired) electrons. The lowest BCUT2D eigenvalue weighted by Gasteiger charge is -2.14. The van der Waals surface area contributed by atoms with E-state index in [0.29, 0.717) is 12.1 Å². The maximum absolute atomic E-state index is 11.1. The van der Waals surface area contributed by atoms with Crippen LogP contribution < -0.4 is 11.1 Å². The lowest BCUT2D eigenvalue weighted by Crippen LogP contribution is -2.18. The number of carbonyl (C=O) groups is 1. The van der Waals surface area contributed by atoms with Crippen molar-refractivity contribution in [1.82, 2.24) is 5.32 Å². The van der Waals surface area contributed by atoms with E-state index in [9.17, 15) is 4.79 Å². The molecule has 0 saturated heterocycles. The second-order valence-corrected chi connectivity index (χ2v) is 5.63. The van der Waals surface area contributed by atoms with Crippen LogP contribution in [-0.4, -0.2) is 5.91 Å². The van der Waals surface area contributed by atoms with Crippen LogP contribution in [0.15, 0.2) is 53.0 Å². The van der Waals surface area contributed by atoms with Crippen molar-refractivity contribution in [2.75, 3.05) is 0 Å². The van der Waals surface area contributed by atoms with Crippen molar-refractivity contribution >= 4 is 21.8 Å². The second kappa shape index (κ2) is 6.68. The highest BCUT2D eigenvalue weighted by atomic mass is 79.9. The number of primary amides is 1. The molecular weight excluding hydrogens is 316 g/mol. The van der Waals surface area contributed by atoms with Crippen LogP contribution >= 0.6 is 15.9 Å². The highest BCUT2D eigenvalue weighted by Crippen LogP contribution is 2.17. The summed E-state index contributed by atoms with van der Waals surface area (Å²) < 4.78 is 1.07. The van der Waals surface area contributed by atoms with E-state index in [0.717, 1.165) is 10.0 Å². The first-order chi connectivity index (χ1) is 9.56. The summed E-state index contributed by atoms with van der Waals surface area (Å²) in [6.07, 6.45) is 0. The van der Waals surface area contributed by atoms with Gasteiger partial charge in [-0.05, 0) is 42.3 Å². The zero-order valence-electron chi connectivity index (χ0n) is 11.3. The molecule has 2 rings (SSSR count). The normalized spacial score (nSPS) is 12.1. The van der Waals surface area contributed by atoms with Gasteiger partial charge in [0.25, 0.3) is 0 Å². The molecule has 0 heterocycles. The Morgan fingerprint density at radius 2 is 1.95 bits per heavy atom. The first kappa shape index (κ1) is 14.8. The highest BCUT2D eigenvalue weighted by Gasteiger charge is 2.06. The Kier molecular flexibility index (Phi) is 4.93. The van der Waals surface area contributed by atoms with Gasteiger partial charge in [0, 0.05) is 22.6 Å². The Balaban J connectivity index is 1.99. The molecule has 0 aliphatic carbocycles. The number of nitrogens with two attached hydrogens (primary N) is 1. The maximum Gasteiger partial charge on any atom is 0.248 e. The minimum Gasteiger partial charge on any atom is -0.366 e. The van der Waals surface area contributed by atoms with E-state index in [-0.39, 0.29) is 6.04 Å². The first-order valence-corrected chi connectivity index (χ1v) is 7.23. The summed E-state index contributed by atoms with van der Waals surface area (Å²) in [4.78, 5) is 11.1. The van der Waals surface area contributed by atoms with Crippen molar-refractivity contribution in [2.24, 2.45) is 5.73 Å². The van der Waals surface area contributed by atoms with Crippen molar-refractivity contribution in [3.8, 4) is 0 Å². The minimum absolute atomic E-state index is 0.236. The Morgan fingerprint density at radius 3 is 2.60 bits per heavy atom. The summed E-state index contributed by atoms with van der Waals surface area (Å²) >= 11 is 3.43. The third kappa shape index (κ3) is 3.92. The number of benzene rings is 2. The fourth-order valence-corrected chi connectivity index (χ4v) is 2.24. The molecule has 2 aromatic rings. The molecule has 1 atom stereocenters. The van der Waals surface area contributed by atoms with E-state index < -0.39 is 5.91 Å². The number of hydrogen-bond acceptors (Lipinski definition) is 2. The van der Waals surface area contributed by atoms with Crippen LogP contribution in [0.25, 0.3) is 0 Å². The number of rotatable bonds is 5. The van der Waals surface area contributed by atoms with Crippen molar-refractivity contribution in [1.29, 1.82) is 0 Å². The lowest BCUT2D eigenvalue weighted by atomic mass is 10.1. The zero-order valence-corrected chi connectivity index (χ0v) is 12.9. The molecule has 2 aromatic carbocycles. The summed E-state index contributed by atoms with van der Waals surface area (Å²) in [7, 11) is 0. The number of hydrogen-bond donors (Lipinski definition) is 2. The van der Waals surface area contributed by atoms with Crippen molar-refractivity contribution in [2.45, 2.75) is 19.5 Å². The largest absolute Gasteiger partial charge is 0.366 e. The van der Waals surface area contributed by atoms with E-state index >= 15 is 0 Å². The van der Waals surface area contributed by atoms with Crippen molar-refractivity contribution in [3.05, 3.63) is 69.7 Å². The van der Waals surface area contributed by atoms with Crippen LogP contribution in [0.1, 0.15) is 34.5 Å². The molecule has 0 aliphatic rings. The van der Waals surface area contributed by atoms with Gasteiger partial charge in [0.2, 0.25) is 5.91 Å². The highest BCUT2D eigenvalue weighted by molar-refractivity contribution is 9.10. The Labute approximate surface area is 127 Å². The SMILES string of the molecule is C[C@@H](NCc1cccc(C(N)=O)c1)c1ccc(Br)cc1. The maximum atomic E-state index is 11.1. The molecule has 20 heavy (non-hydrogen) atoms. The molecule has 4 heteroatoms. The van der Waals surface area contributed by atoms with Gasteiger partial charge in [0.1, 0.15) is 0 Å². The van der Waals surface area contributed by atoms with Gasteiger partial charge in [-0.25, -0.2) is 0 Å². The van der Waals surface area contributed by atoms with Crippen LogP contribution in [0.3, 0.4) is 0 Å². The number of amides is 1. The topological polar surface area (TPSA) is 55.1 Å². The monoisotopic (exact) mass is 332 g/mol. The fourth-order valence-electron chi connectivity index (χ4n) is 1.97. The van der Waals surface area contributed by atoms with Gasteiger partial charge < -0.3 is 11.1 Å². The van der Waals surface area contributed by atoms with Crippen LogP contribution in [0.2, 0.25) is 0 Å². The number of halogens is 1. The van der Waals surface area contributed by atoms with E-state index in [1.54, 1.807) is 6.07 Å². The Bertz CT molecular complexity index is 596. The van der Waals surface area contributed by atoms with Crippen LogP contribution in [0.4, 0.5) is 0 Å². The molecule has 1 amide bonds. The molecule has 0 bridgehead atoms. The standard InChI is InChI=1S/C16H17BrN2O/c1-11(13-5-7-15(17)8-6-13)19-10-12-3-2-4-14(9-12)16(18)20/h2-9,11,19H,10H2,1H3,(H2,18,20)/t11-/m1/s1. The molecule has 3 N–H and O–H groups in total. The van der Waals surface area contributed by atoms with Crippen molar-refractivity contribution in [3.63, 3.8) is 0 Å². The van der Waals surface area contributed by atoms with Gasteiger partial charge in [0.05, 0.1) is 0 Å². The molecule has 0 fully saturated rings. The molecule has 0 saturated carbocycles. The summed E-state index contributed by atoms with van der Waals surface area (Å²) in [5.74, 6) is -0.396. The van der Waals surface area contributed by atoms with Crippen molar-refractivity contribution < 1.29 is 4.79 Å². The Hall–Kier alpha value is -1.65. The Morgan fingerprint density at radius 1 is 1.25 bits per heavy atom. The predicted octanol–water partition coefficient (Wildman–Crippen LogP) is 3.40. The van der Waals surface area contributed by atoms with Gasteiger partial charge >= 0.3 is 0 Å². The van der Waals surface area contributed by atoms with Gasteiger partial charge in [-0.15, -0.1) is 0 Å². The molecule has 0 aromatic heterocycles. The molecule has 0 spiro atoms. The molecule has 104 valence electrons. The third-order valence-corrected chi connectivity index (χ3v) is 3.72. The summed E-state index contributed by atoms with van der Waals surface area (Å²) in [6, 6.07) is 15.8. The first-order valence-electron chi connectivity index (χ1n) is 6.44. The second-order valence-electron chi connectivity index (χ2n) is 4.72. The van der Waals surface area contributed by atoms with E-state index in [2.05, 4.69) is 40.3 Å². The number of nitrogens with one attached hydrogen (secondary N) is 1. The van der Waals surface area contributed by atoms with Crippen LogP contribution in [0.5, 0.6) is 0 Å². The van der Waals surface area contributed by atoms with Gasteiger partial charge in [-0.3, -0.25) is 4.79 Å². The molecule has 0 aliphatic heterocycles. The average molecular weight is 333 g/mol. The van der Waals surface area contributed by atoms with E-state index in [1.807, 2.05) is 30.3 Å². The van der Waals surface area contributed by atoms with Gasteiger partial charge in [-0.2, -0.15) is 0 Å². The number of carbonyl (C=O) groups excluding carboxylic acids is 1. The summed E-state index contributed by atoms with van der Waals surface area (Å²) in [6.45, 7) is 2.81. The summed E-state index contributed by atoms with van der Waals surface area (Å²) in [5.41, 5.74) is 8.09. The van der Waals surface area contributed by atoms with E-state index in [4.69, 9.17) is 5.73 Å². The van der Waals surface area contributed by atoms with Crippen LogP contribution in [-0.2, 0) is 6.54 Å². The van der Waals surface area contributed by atoms with Gasteiger partial charge in [-0.1, -0.05) is 40.2 Å². The summed E-state index contributed by atoms with van der Waals surface area (Å²) in [5, 5.41) is 3.43. The predicted molar refractivity (Wildman–Crippen MR) is 84.4 cm³/mol. The van der Waals surface area contributed by atoms with Gasteiger partial charge in [0.15, 0.2) is 0 Å². The molecule has 3 nitrogen and oxygen atoms in total.